The Hall–Kier alpha value is -1.44. The highest BCUT2D eigenvalue weighted by molar-refractivity contribution is 9.10. The minimum Gasteiger partial charge on any atom is -0.334 e. The third-order valence-corrected chi connectivity index (χ3v) is 4.98. The standard InChI is InChI=1S/C15H17BrN4OS/c1-20-6-5-12-13(9-20)22-15(18-12)19-14(21)17-8-10-3-2-4-11(16)7-10/h2-4,7H,5-6,8-9H2,1H3,(H2,17,18,19,21). The summed E-state index contributed by atoms with van der Waals surface area (Å²) in [4.78, 5) is 20.0. The van der Waals surface area contributed by atoms with Crippen molar-refractivity contribution in [2.75, 3.05) is 18.9 Å². The molecule has 1 aliphatic heterocycles. The molecule has 1 aromatic carbocycles. The number of likely N-dealkylation sites (N-methyl/N-ethyl adjacent to an activating group) is 1. The number of halogens is 1. The number of carbonyl (C=O) groups excluding carboxylic acids is 1. The molecule has 3 rings (SSSR count). The van der Waals surface area contributed by atoms with Gasteiger partial charge in [-0.25, -0.2) is 9.78 Å². The van der Waals surface area contributed by atoms with Crippen LogP contribution < -0.4 is 10.6 Å². The van der Waals surface area contributed by atoms with E-state index < -0.39 is 0 Å². The van der Waals surface area contributed by atoms with E-state index in [9.17, 15) is 4.79 Å². The van der Waals surface area contributed by atoms with Gasteiger partial charge in [0.25, 0.3) is 0 Å². The Morgan fingerprint density at radius 1 is 1.50 bits per heavy atom. The fourth-order valence-electron chi connectivity index (χ4n) is 2.35. The van der Waals surface area contributed by atoms with Gasteiger partial charge in [-0.2, -0.15) is 0 Å². The summed E-state index contributed by atoms with van der Waals surface area (Å²) in [5.41, 5.74) is 2.16. The summed E-state index contributed by atoms with van der Waals surface area (Å²) in [6.45, 7) is 2.42. The van der Waals surface area contributed by atoms with E-state index in [-0.39, 0.29) is 6.03 Å². The zero-order chi connectivity index (χ0) is 15.5. The molecule has 0 atom stereocenters. The first-order valence-electron chi connectivity index (χ1n) is 7.06. The highest BCUT2D eigenvalue weighted by Gasteiger charge is 2.18. The second kappa shape index (κ2) is 6.76. The number of benzene rings is 1. The predicted molar refractivity (Wildman–Crippen MR) is 92.2 cm³/mol. The van der Waals surface area contributed by atoms with Crippen LogP contribution in [0.15, 0.2) is 28.7 Å². The van der Waals surface area contributed by atoms with Crippen molar-refractivity contribution in [2.24, 2.45) is 0 Å². The molecule has 0 bridgehead atoms. The molecule has 2 amide bonds. The molecule has 0 saturated carbocycles. The molecule has 2 aromatic rings. The van der Waals surface area contributed by atoms with Crippen LogP contribution in [0.25, 0.3) is 0 Å². The van der Waals surface area contributed by atoms with Gasteiger partial charge < -0.3 is 10.2 Å². The summed E-state index contributed by atoms with van der Waals surface area (Å²) in [5, 5.41) is 6.35. The lowest BCUT2D eigenvalue weighted by molar-refractivity contribution is 0.251. The van der Waals surface area contributed by atoms with E-state index in [2.05, 4.69) is 43.5 Å². The normalized spacial score (nSPS) is 14.5. The largest absolute Gasteiger partial charge is 0.334 e. The zero-order valence-corrected chi connectivity index (χ0v) is 14.6. The Morgan fingerprint density at radius 2 is 2.36 bits per heavy atom. The number of hydrogen-bond acceptors (Lipinski definition) is 4. The van der Waals surface area contributed by atoms with Gasteiger partial charge in [0.15, 0.2) is 5.13 Å². The van der Waals surface area contributed by atoms with Crippen molar-refractivity contribution in [3.63, 3.8) is 0 Å². The molecule has 22 heavy (non-hydrogen) atoms. The molecule has 2 heterocycles. The number of carbonyl (C=O) groups is 1. The molecular formula is C15H17BrN4OS. The lowest BCUT2D eigenvalue weighted by Gasteiger charge is -2.20. The Kier molecular flexibility index (Phi) is 4.75. The van der Waals surface area contributed by atoms with Crippen LogP contribution in [-0.4, -0.2) is 29.5 Å². The van der Waals surface area contributed by atoms with Gasteiger partial charge >= 0.3 is 6.03 Å². The molecule has 0 fully saturated rings. The molecule has 1 aliphatic rings. The van der Waals surface area contributed by atoms with E-state index in [1.807, 2.05) is 24.3 Å². The lowest BCUT2D eigenvalue weighted by atomic mass is 10.2. The predicted octanol–water partition coefficient (Wildman–Crippen LogP) is 3.22. The lowest BCUT2D eigenvalue weighted by Crippen LogP contribution is -2.28. The van der Waals surface area contributed by atoms with Gasteiger partial charge in [-0.3, -0.25) is 5.32 Å². The first-order chi connectivity index (χ1) is 10.6. The monoisotopic (exact) mass is 380 g/mol. The fraction of sp³-hybridized carbons (Fsp3) is 0.333. The highest BCUT2D eigenvalue weighted by atomic mass is 79.9. The third-order valence-electron chi connectivity index (χ3n) is 3.48. The summed E-state index contributed by atoms with van der Waals surface area (Å²) < 4.78 is 1.00. The van der Waals surface area contributed by atoms with Crippen molar-refractivity contribution in [1.29, 1.82) is 0 Å². The van der Waals surface area contributed by atoms with Crippen LogP contribution in [0.1, 0.15) is 16.1 Å². The molecule has 0 spiro atoms. The molecule has 5 nitrogen and oxygen atoms in total. The first-order valence-corrected chi connectivity index (χ1v) is 8.67. The number of aromatic nitrogens is 1. The van der Waals surface area contributed by atoms with Crippen molar-refractivity contribution < 1.29 is 4.79 Å². The second-order valence-corrected chi connectivity index (χ2v) is 7.31. The first kappa shape index (κ1) is 15.5. The van der Waals surface area contributed by atoms with Crippen molar-refractivity contribution in [2.45, 2.75) is 19.5 Å². The number of rotatable bonds is 3. The number of amides is 2. The van der Waals surface area contributed by atoms with Gasteiger partial charge in [-0.1, -0.05) is 28.1 Å². The van der Waals surface area contributed by atoms with Gasteiger partial charge in [0.05, 0.1) is 5.69 Å². The maximum absolute atomic E-state index is 12.0. The number of fused-ring (bicyclic) bond motifs is 1. The topological polar surface area (TPSA) is 57.3 Å². The zero-order valence-electron chi connectivity index (χ0n) is 12.2. The van der Waals surface area contributed by atoms with Crippen molar-refractivity contribution in [1.82, 2.24) is 15.2 Å². The second-order valence-electron chi connectivity index (χ2n) is 5.31. The molecule has 0 saturated heterocycles. The SMILES string of the molecule is CN1CCc2nc(NC(=O)NCc3cccc(Br)c3)sc2C1. The molecule has 0 radical (unpaired) electrons. The van der Waals surface area contributed by atoms with Crippen molar-refractivity contribution in [3.8, 4) is 0 Å². The molecular weight excluding hydrogens is 364 g/mol. The number of nitrogens with one attached hydrogen (secondary N) is 2. The van der Waals surface area contributed by atoms with Crippen molar-refractivity contribution in [3.05, 3.63) is 44.9 Å². The van der Waals surface area contributed by atoms with E-state index in [1.54, 1.807) is 11.3 Å². The number of anilines is 1. The molecule has 0 unspecified atom stereocenters. The minimum atomic E-state index is -0.223. The summed E-state index contributed by atoms with van der Waals surface area (Å²) in [5.74, 6) is 0. The van der Waals surface area contributed by atoms with Crippen LogP contribution in [0, 0.1) is 0 Å². The maximum Gasteiger partial charge on any atom is 0.321 e. The van der Waals surface area contributed by atoms with Gasteiger partial charge in [0, 0.05) is 35.4 Å². The number of urea groups is 1. The quantitative estimate of drug-likeness (QED) is 0.859. The molecule has 1 aromatic heterocycles. The van der Waals surface area contributed by atoms with Crippen LogP contribution in [0.2, 0.25) is 0 Å². The van der Waals surface area contributed by atoms with Crippen LogP contribution in [0.3, 0.4) is 0 Å². The van der Waals surface area contributed by atoms with Crippen LogP contribution in [0.5, 0.6) is 0 Å². The molecule has 7 heteroatoms. The average molecular weight is 381 g/mol. The van der Waals surface area contributed by atoms with Crippen LogP contribution >= 0.6 is 27.3 Å². The fourth-order valence-corrected chi connectivity index (χ4v) is 3.88. The summed E-state index contributed by atoms with van der Waals surface area (Å²) in [6.07, 6.45) is 0.948. The summed E-state index contributed by atoms with van der Waals surface area (Å²) >= 11 is 4.98. The van der Waals surface area contributed by atoms with Gasteiger partial charge in [-0.05, 0) is 24.7 Å². The van der Waals surface area contributed by atoms with E-state index >= 15 is 0 Å². The molecule has 0 aliphatic carbocycles. The van der Waals surface area contributed by atoms with Gasteiger partial charge in [0.2, 0.25) is 0 Å². The van der Waals surface area contributed by atoms with E-state index in [0.29, 0.717) is 11.7 Å². The Labute approximate surface area is 141 Å². The van der Waals surface area contributed by atoms with Crippen LogP contribution in [-0.2, 0) is 19.5 Å². The van der Waals surface area contributed by atoms with Gasteiger partial charge in [0.1, 0.15) is 0 Å². The minimum absolute atomic E-state index is 0.223. The van der Waals surface area contributed by atoms with E-state index in [1.165, 1.54) is 4.88 Å². The number of hydrogen-bond donors (Lipinski definition) is 2. The smallest absolute Gasteiger partial charge is 0.321 e. The van der Waals surface area contributed by atoms with Gasteiger partial charge in [-0.15, -0.1) is 11.3 Å². The third kappa shape index (κ3) is 3.85. The summed E-state index contributed by atoms with van der Waals surface area (Å²) in [7, 11) is 2.10. The maximum atomic E-state index is 12.0. The Balaban J connectivity index is 1.56. The number of nitrogens with zero attached hydrogens (tertiary/aromatic N) is 2. The Morgan fingerprint density at radius 3 is 3.18 bits per heavy atom. The molecule has 2 N–H and O–H groups in total. The van der Waals surface area contributed by atoms with E-state index in [4.69, 9.17) is 0 Å². The van der Waals surface area contributed by atoms with E-state index in [0.717, 1.165) is 35.2 Å². The Bertz CT molecular complexity index is 688. The number of thiazole rings is 1. The molecule has 116 valence electrons. The average Bonchev–Trinajstić information content (AvgIpc) is 2.86. The van der Waals surface area contributed by atoms with Crippen molar-refractivity contribution >= 4 is 38.4 Å². The van der Waals surface area contributed by atoms with Crippen LogP contribution in [0.4, 0.5) is 9.93 Å². The summed E-state index contributed by atoms with van der Waals surface area (Å²) in [6, 6.07) is 7.64. The highest BCUT2D eigenvalue weighted by Crippen LogP contribution is 2.27.